The van der Waals surface area contributed by atoms with E-state index >= 15 is 0 Å². The first kappa shape index (κ1) is 11.7. The molecular weight excluding hydrogens is 224 g/mol. The third kappa shape index (κ3) is 2.89. The molecule has 1 N–H and O–H groups in total. The van der Waals surface area contributed by atoms with Crippen LogP contribution in [0, 0.1) is 0 Å². The quantitative estimate of drug-likeness (QED) is 0.838. The van der Waals surface area contributed by atoms with Gasteiger partial charge in [0.05, 0.1) is 6.54 Å². The van der Waals surface area contributed by atoms with Crippen LogP contribution in [0.4, 0.5) is 0 Å². The highest BCUT2D eigenvalue weighted by atomic mass is 32.2. The fourth-order valence-electron chi connectivity index (χ4n) is 1.68. The van der Waals surface area contributed by atoms with Crippen molar-refractivity contribution in [3.05, 3.63) is 11.6 Å². The molecule has 0 radical (unpaired) electrons. The summed E-state index contributed by atoms with van der Waals surface area (Å²) >= 11 is 0. The van der Waals surface area contributed by atoms with Gasteiger partial charge in [-0.2, -0.15) is 5.10 Å². The molecule has 90 valence electrons. The minimum atomic E-state index is -0.609. The highest BCUT2D eigenvalue weighted by molar-refractivity contribution is 7.85. The number of hydrogen-bond acceptors (Lipinski definition) is 4. The minimum Gasteiger partial charge on any atom is -0.294 e. The second-order valence-electron chi connectivity index (χ2n) is 4.42. The van der Waals surface area contributed by atoms with Gasteiger partial charge in [-0.1, -0.05) is 13.8 Å². The first-order valence-corrected chi connectivity index (χ1v) is 7.12. The number of hydrogen-bond donors (Lipinski definition) is 1. The van der Waals surface area contributed by atoms with Gasteiger partial charge in [-0.15, -0.1) is 0 Å². The van der Waals surface area contributed by atoms with Gasteiger partial charge in [-0.3, -0.25) is 14.2 Å². The molecule has 1 aromatic heterocycles. The Morgan fingerprint density at radius 3 is 2.69 bits per heavy atom. The molecule has 0 atom stereocenters. The summed E-state index contributed by atoms with van der Waals surface area (Å²) in [7, 11) is -0.609. The van der Waals surface area contributed by atoms with Gasteiger partial charge in [0.2, 0.25) is 0 Å². The number of nitrogens with one attached hydrogen (secondary N) is 1. The third-order valence-electron chi connectivity index (χ3n) is 2.71. The van der Waals surface area contributed by atoms with Crippen LogP contribution in [0.25, 0.3) is 0 Å². The lowest BCUT2D eigenvalue weighted by molar-refractivity contribution is 0.284. The van der Waals surface area contributed by atoms with Crippen molar-refractivity contribution in [1.82, 2.24) is 20.1 Å². The molecule has 1 saturated heterocycles. The summed E-state index contributed by atoms with van der Waals surface area (Å²) in [5.41, 5.74) is 0. The lowest BCUT2D eigenvalue weighted by Crippen LogP contribution is -2.37. The molecule has 0 aliphatic carbocycles. The van der Waals surface area contributed by atoms with E-state index in [9.17, 15) is 4.21 Å². The molecule has 1 aromatic rings. The zero-order chi connectivity index (χ0) is 11.5. The Hall–Kier alpha value is -0.750. The number of aromatic nitrogens is 3. The molecule has 0 aromatic carbocycles. The Kier molecular flexibility index (Phi) is 3.70. The van der Waals surface area contributed by atoms with E-state index in [1.54, 1.807) is 0 Å². The van der Waals surface area contributed by atoms with Crippen molar-refractivity contribution in [2.45, 2.75) is 26.3 Å². The van der Waals surface area contributed by atoms with E-state index in [2.05, 4.69) is 33.9 Å². The number of nitrogens with zero attached hydrogens (tertiary/aromatic N) is 3. The molecule has 0 unspecified atom stereocenters. The average molecular weight is 242 g/mol. The van der Waals surface area contributed by atoms with E-state index < -0.39 is 10.8 Å². The molecule has 1 aliphatic heterocycles. The summed E-state index contributed by atoms with van der Waals surface area (Å²) in [6.45, 7) is 6.74. The zero-order valence-corrected chi connectivity index (χ0v) is 10.6. The van der Waals surface area contributed by atoms with Crippen LogP contribution in [-0.4, -0.2) is 48.9 Å². The molecule has 1 fully saturated rings. The summed E-state index contributed by atoms with van der Waals surface area (Å²) < 4.78 is 11.2. The van der Waals surface area contributed by atoms with E-state index in [-0.39, 0.29) is 0 Å². The molecule has 6 heteroatoms. The summed E-state index contributed by atoms with van der Waals surface area (Å²) in [5.74, 6) is 3.71. The van der Waals surface area contributed by atoms with Crippen LogP contribution in [0.15, 0.2) is 0 Å². The summed E-state index contributed by atoms with van der Waals surface area (Å²) in [5, 5.41) is 7.14. The predicted molar refractivity (Wildman–Crippen MR) is 63.6 cm³/mol. The van der Waals surface area contributed by atoms with Gasteiger partial charge >= 0.3 is 0 Å². The molecular formula is C10H18N4OS. The summed E-state index contributed by atoms with van der Waals surface area (Å²) in [4.78, 5) is 6.71. The Labute approximate surface area is 98.1 Å². The van der Waals surface area contributed by atoms with Crippen molar-refractivity contribution in [1.29, 1.82) is 0 Å². The van der Waals surface area contributed by atoms with Crippen molar-refractivity contribution in [3.63, 3.8) is 0 Å². The van der Waals surface area contributed by atoms with Gasteiger partial charge in [-0.25, -0.2) is 4.98 Å². The van der Waals surface area contributed by atoms with E-state index in [0.29, 0.717) is 5.92 Å². The van der Waals surface area contributed by atoms with Crippen LogP contribution in [0.3, 0.4) is 0 Å². The molecule has 16 heavy (non-hydrogen) atoms. The van der Waals surface area contributed by atoms with Crippen molar-refractivity contribution >= 4 is 10.8 Å². The lowest BCUT2D eigenvalue weighted by Gasteiger charge is -2.24. The first-order valence-electron chi connectivity index (χ1n) is 5.63. The van der Waals surface area contributed by atoms with Crippen LogP contribution in [0.2, 0.25) is 0 Å². The molecule has 5 nitrogen and oxygen atoms in total. The van der Waals surface area contributed by atoms with Gasteiger partial charge in [-0.05, 0) is 0 Å². The van der Waals surface area contributed by atoms with E-state index in [1.165, 1.54) is 0 Å². The largest absolute Gasteiger partial charge is 0.294 e. The fourth-order valence-corrected chi connectivity index (χ4v) is 2.81. The van der Waals surface area contributed by atoms with Crippen LogP contribution in [0.5, 0.6) is 0 Å². The molecule has 0 spiro atoms. The van der Waals surface area contributed by atoms with Gasteiger partial charge in [0.25, 0.3) is 0 Å². The van der Waals surface area contributed by atoms with Gasteiger partial charge in [0.15, 0.2) is 5.82 Å². The maximum Gasteiger partial charge on any atom is 0.153 e. The van der Waals surface area contributed by atoms with Crippen molar-refractivity contribution in [2.75, 3.05) is 24.6 Å². The van der Waals surface area contributed by atoms with Gasteiger partial charge < -0.3 is 0 Å². The maximum atomic E-state index is 11.2. The number of aromatic amines is 1. The van der Waals surface area contributed by atoms with E-state index in [4.69, 9.17) is 0 Å². The number of rotatable bonds is 3. The molecule has 0 amide bonds. The molecule has 2 heterocycles. The van der Waals surface area contributed by atoms with Crippen LogP contribution in [0.1, 0.15) is 31.4 Å². The zero-order valence-electron chi connectivity index (χ0n) is 9.77. The molecule has 2 rings (SSSR count). The minimum absolute atomic E-state index is 0.360. The first-order chi connectivity index (χ1) is 7.65. The highest BCUT2D eigenvalue weighted by Crippen LogP contribution is 2.09. The molecule has 0 saturated carbocycles. The van der Waals surface area contributed by atoms with Crippen LogP contribution in [-0.2, 0) is 17.3 Å². The Morgan fingerprint density at radius 1 is 1.44 bits per heavy atom. The number of H-pyrrole nitrogens is 1. The van der Waals surface area contributed by atoms with Crippen molar-refractivity contribution in [3.8, 4) is 0 Å². The smallest absolute Gasteiger partial charge is 0.153 e. The Bertz CT molecular complexity index is 367. The van der Waals surface area contributed by atoms with E-state index in [1.807, 2.05) is 0 Å². The molecule has 1 aliphatic rings. The average Bonchev–Trinajstić information content (AvgIpc) is 2.70. The normalized spacial score (nSPS) is 19.4. The fraction of sp³-hybridized carbons (Fsp3) is 0.800. The van der Waals surface area contributed by atoms with Gasteiger partial charge in [0, 0.05) is 41.3 Å². The standard InChI is InChI=1S/C10H18N4OS/c1-8(2)10-11-9(12-13-10)7-14-3-5-16(15)6-4-14/h8H,3-7H2,1-2H3,(H,11,12,13). The maximum absolute atomic E-state index is 11.2. The van der Waals surface area contributed by atoms with E-state index in [0.717, 1.165) is 42.8 Å². The summed E-state index contributed by atoms with van der Waals surface area (Å²) in [6, 6.07) is 0. The predicted octanol–water partition coefficient (Wildman–Crippen LogP) is 0.492. The summed E-state index contributed by atoms with van der Waals surface area (Å²) in [6.07, 6.45) is 0. The lowest BCUT2D eigenvalue weighted by atomic mass is 10.2. The highest BCUT2D eigenvalue weighted by Gasteiger charge is 2.17. The van der Waals surface area contributed by atoms with Crippen LogP contribution < -0.4 is 0 Å². The van der Waals surface area contributed by atoms with Crippen LogP contribution >= 0.6 is 0 Å². The monoisotopic (exact) mass is 242 g/mol. The molecule has 0 bridgehead atoms. The second-order valence-corrected chi connectivity index (χ2v) is 6.12. The topological polar surface area (TPSA) is 61.9 Å². The Morgan fingerprint density at radius 2 is 2.12 bits per heavy atom. The second kappa shape index (κ2) is 5.05. The van der Waals surface area contributed by atoms with Crippen molar-refractivity contribution in [2.24, 2.45) is 0 Å². The van der Waals surface area contributed by atoms with Crippen molar-refractivity contribution < 1.29 is 4.21 Å². The Balaban J connectivity index is 1.91. The SMILES string of the molecule is CC(C)c1n[nH]c(CN2CCS(=O)CC2)n1. The third-order valence-corrected chi connectivity index (χ3v) is 3.98. The van der Waals surface area contributed by atoms with Gasteiger partial charge in [0.1, 0.15) is 5.82 Å².